The minimum Gasteiger partial charge on any atom is -0.478 e. The molecule has 3 aromatic rings. The van der Waals surface area contributed by atoms with Gasteiger partial charge in [0, 0.05) is 23.1 Å². The number of aromatic nitrogens is 1. The second-order valence-corrected chi connectivity index (χ2v) is 6.77. The molecule has 28 heavy (non-hydrogen) atoms. The molecule has 1 N–H and O–H groups in total. The van der Waals surface area contributed by atoms with Crippen molar-refractivity contribution in [2.45, 2.75) is 13.3 Å². The average Bonchev–Trinajstić information content (AvgIpc) is 3.21. The van der Waals surface area contributed by atoms with Crippen molar-refractivity contribution in [1.82, 2.24) is 4.98 Å². The van der Waals surface area contributed by atoms with E-state index in [0.29, 0.717) is 22.8 Å². The number of thiazole rings is 1. The van der Waals surface area contributed by atoms with Gasteiger partial charge in [0.2, 0.25) is 5.13 Å². The van der Waals surface area contributed by atoms with Gasteiger partial charge in [0.15, 0.2) is 0 Å². The lowest BCUT2D eigenvalue weighted by molar-refractivity contribution is 0.0696. The molecular formula is C21H18N4O2S. The molecule has 0 spiro atoms. The third-order valence-electron chi connectivity index (χ3n) is 4.00. The zero-order valence-corrected chi connectivity index (χ0v) is 16.1. The number of rotatable bonds is 7. The van der Waals surface area contributed by atoms with Gasteiger partial charge in [-0.1, -0.05) is 43.3 Å². The van der Waals surface area contributed by atoms with Crippen molar-refractivity contribution < 1.29 is 9.90 Å². The summed E-state index contributed by atoms with van der Waals surface area (Å²) < 4.78 is 0. The third kappa shape index (κ3) is 4.24. The van der Waals surface area contributed by atoms with Crippen molar-refractivity contribution in [3.8, 4) is 17.3 Å². The molecule has 0 atom stereocenters. The summed E-state index contributed by atoms with van der Waals surface area (Å²) in [5, 5.41) is 27.4. The normalized spacial score (nSPS) is 10.7. The summed E-state index contributed by atoms with van der Waals surface area (Å²) in [6.07, 6.45) is 2.39. The first kappa shape index (κ1) is 19.3. The lowest BCUT2D eigenvalue weighted by atomic mass is 10.1. The molecule has 0 radical (unpaired) electrons. The number of hydrazone groups is 1. The van der Waals surface area contributed by atoms with Gasteiger partial charge < -0.3 is 5.11 Å². The van der Waals surface area contributed by atoms with Gasteiger partial charge >= 0.3 is 5.97 Å². The zero-order valence-electron chi connectivity index (χ0n) is 15.2. The molecule has 0 aliphatic rings. The molecule has 0 bridgehead atoms. The van der Waals surface area contributed by atoms with Gasteiger partial charge in [0.25, 0.3) is 0 Å². The molecule has 1 aromatic heterocycles. The minimum absolute atomic E-state index is 0.200. The van der Waals surface area contributed by atoms with Crippen LogP contribution in [-0.2, 0) is 0 Å². The molecular weight excluding hydrogens is 372 g/mol. The number of nitrogens with zero attached hydrogens (tertiary/aromatic N) is 4. The van der Waals surface area contributed by atoms with Crippen LogP contribution in [0.15, 0.2) is 59.0 Å². The van der Waals surface area contributed by atoms with Gasteiger partial charge in [-0.05, 0) is 18.6 Å². The van der Waals surface area contributed by atoms with E-state index in [1.807, 2.05) is 30.5 Å². The maximum atomic E-state index is 11.4. The molecule has 0 unspecified atom stereocenters. The smallest absolute Gasteiger partial charge is 0.336 e. The lowest BCUT2D eigenvalue weighted by Crippen LogP contribution is -2.17. The van der Waals surface area contributed by atoms with Crippen LogP contribution >= 0.6 is 11.3 Å². The number of carboxylic acids is 1. The molecule has 0 fully saturated rings. The largest absolute Gasteiger partial charge is 0.478 e. The fourth-order valence-corrected chi connectivity index (χ4v) is 3.47. The topological polar surface area (TPSA) is 89.6 Å². The van der Waals surface area contributed by atoms with Crippen molar-refractivity contribution in [3.63, 3.8) is 0 Å². The van der Waals surface area contributed by atoms with Gasteiger partial charge in [-0.2, -0.15) is 10.4 Å². The van der Waals surface area contributed by atoms with Gasteiger partial charge in [-0.15, -0.1) is 11.3 Å². The first-order valence-corrected chi connectivity index (χ1v) is 9.61. The third-order valence-corrected chi connectivity index (χ3v) is 4.85. The fourth-order valence-electron chi connectivity index (χ4n) is 2.66. The van der Waals surface area contributed by atoms with E-state index in [2.05, 4.69) is 16.2 Å². The number of carboxylic acid groups (broad SMARTS) is 1. The first-order chi connectivity index (χ1) is 13.6. The molecule has 6 nitrogen and oxygen atoms in total. The number of benzene rings is 2. The van der Waals surface area contributed by atoms with E-state index in [1.165, 1.54) is 11.3 Å². The van der Waals surface area contributed by atoms with E-state index in [9.17, 15) is 15.2 Å². The molecule has 0 amide bonds. The Hall–Kier alpha value is -3.50. The molecule has 0 saturated heterocycles. The summed E-state index contributed by atoms with van der Waals surface area (Å²) in [4.78, 5) is 16.0. The maximum absolute atomic E-state index is 11.4. The van der Waals surface area contributed by atoms with E-state index in [0.717, 1.165) is 17.7 Å². The Bertz CT molecular complexity index is 1050. The highest BCUT2D eigenvalue weighted by atomic mass is 32.1. The number of aromatic carboxylic acids is 1. The molecule has 0 saturated carbocycles. The van der Waals surface area contributed by atoms with Crippen LogP contribution in [0.2, 0.25) is 0 Å². The van der Waals surface area contributed by atoms with Gasteiger partial charge in [0.1, 0.15) is 0 Å². The standard InChI is InChI=1S/C21H18N4O2S/c1-2-11-25(23-13-16-8-4-6-10-18(16)20(26)27)21-24-19(14-28-21)17-9-5-3-7-15(17)12-22/h3-10,13-14H,2,11H2,1H3,(H,26,27)/b23-13+. The Kier molecular flexibility index (Phi) is 6.14. The van der Waals surface area contributed by atoms with Crippen molar-refractivity contribution in [2.24, 2.45) is 5.10 Å². The molecule has 2 aromatic carbocycles. The molecule has 140 valence electrons. The van der Waals surface area contributed by atoms with Gasteiger partial charge in [0.05, 0.1) is 29.1 Å². The van der Waals surface area contributed by atoms with Crippen molar-refractivity contribution in [1.29, 1.82) is 5.26 Å². The predicted octanol–water partition coefficient (Wildman–Crippen LogP) is 4.63. The molecule has 0 aliphatic heterocycles. The monoisotopic (exact) mass is 390 g/mol. The minimum atomic E-state index is -0.992. The van der Waals surface area contributed by atoms with E-state index < -0.39 is 5.97 Å². The Morgan fingerprint density at radius 1 is 1.29 bits per heavy atom. The summed E-state index contributed by atoms with van der Waals surface area (Å²) in [7, 11) is 0. The summed E-state index contributed by atoms with van der Waals surface area (Å²) >= 11 is 1.43. The van der Waals surface area contributed by atoms with E-state index >= 15 is 0 Å². The zero-order chi connectivity index (χ0) is 19.9. The summed E-state index contributed by atoms with van der Waals surface area (Å²) in [6, 6.07) is 16.2. The summed E-state index contributed by atoms with van der Waals surface area (Å²) in [5.74, 6) is -0.992. The molecule has 7 heteroatoms. The second kappa shape index (κ2) is 8.93. The van der Waals surface area contributed by atoms with Gasteiger partial charge in [-0.25, -0.2) is 14.8 Å². The number of hydrogen-bond acceptors (Lipinski definition) is 6. The highest BCUT2D eigenvalue weighted by Gasteiger charge is 2.13. The van der Waals surface area contributed by atoms with Crippen molar-refractivity contribution in [3.05, 3.63) is 70.6 Å². The number of hydrogen-bond donors (Lipinski definition) is 1. The van der Waals surface area contributed by atoms with Crippen LogP contribution in [0, 0.1) is 11.3 Å². The van der Waals surface area contributed by atoms with Gasteiger partial charge in [-0.3, -0.25) is 0 Å². The Morgan fingerprint density at radius 3 is 2.79 bits per heavy atom. The van der Waals surface area contributed by atoms with Crippen LogP contribution in [0.25, 0.3) is 11.3 Å². The predicted molar refractivity (Wildman–Crippen MR) is 111 cm³/mol. The first-order valence-electron chi connectivity index (χ1n) is 8.73. The van der Waals surface area contributed by atoms with Crippen LogP contribution in [0.4, 0.5) is 5.13 Å². The number of nitriles is 1. The molecule has 3 rings (SSSR count). The van der Waals surface area contributed by atoms with Crippen molar-refractivity contribution in [2.75, 3.05) is 11.6 Å². The Morgan fingerprint density at radius 2 is 2.04 bits per heavy atom. The summed E-state index contributed by atoms with van der Waals surface area (Å²) in [5.41, 5.74) is 2.80. The van der Waals surface area contributed by atoms with E-state index in [1.54, 1.807) is 41.6 Å². The SMILES string of the molecule is CCCN(/N=C/c1ccccc1C(=O)O)c1nc(-c2ccccc2C#N)cs1. The van der Waals surface area contributed by atoms with Crippen LogP contribution < -0.4 is 5.01 Å². The average molecular weight is 390 g/mol. The van der Waals surface area contributed by atoms with Crippen molar-refractivity contribution >= 4 is 28.7 Å². The second-order valence-electron chi connectivity index (χ2n) is 5.93. The van der Waals surface area contributed by atoms with Crippen LogP contribution in [0.5, 0.6) is 0 Å². The van der Waals surface area contributed by atoms with Crippen LogP contribution in [-0.4, -0.2) is 28.8 Å². The molecule has 0 aliphatic carbocycles. The molecule has 1 heterocycles. The maximum Gasteiger partial charge on any atom is 0.336 e. The highest BCUT2D eigenvalue weighted by Crippen LogP contribution is 2.29. The fraction of sp³-hybridized carbons (Fsp3) is 0.143. The van der Waals surface area contributed by atoms with Crippen LogP contribution in [0.3, 0.4) is 0 Å². The van der Waals surface area contributed by atoms with E-state index in [4.69, 9.17) is 0 Å². The quantitative estimate of drug-likeness (QED) is 0.469. The number of carbonyl (C=O) groups is 1. The van der Waals surface area contributed by atoms with Crippen LogP contribution in [0.1, 0.15) is 34.8 Å². The van der Waals surface area contributed by atoms with E-state index in [-0.39, 0.29) is 5.56 Å². The lowest BCUT2D eigenvalue weighted by Gasteiger charge is -2.14. The Balaban J connectivity index is 1.91. The highest BCUT2D eigenvalue weighted by molar-refractivity contribution is 7.14. The number of anilines is 1. The summed E-state index contributed by atoms with van der Waals surface area (Å²) in [6.45, 7) is 2.67. The Labute approximate surface area is 167 Å².